The lowest BCUT2D eigenvalue weighted by atomic mass is 9.41. The first-order valence-corrected chi connectivity index (χ1v) is 11.3. The number of rotatable bonds is 2. The number of aliphatic carboxylic acids is 1. The molecule has 0 unspecified atom stereocenters. The monoisotopic (exact) mass is 420 g/mol. The Hall–Kier alpha value is -1.44. The molecule has 7 heteroatoms. The minimum atomic E-state index is -1.44. The quantitative estimate of drug-likeness (QED) is 0.502. The van der Waals surface area contributed by atoms with Gasteiger partial charge in [-0.25, -0.2) is 4.79 Å². The molecule has 166 valence electrons. The average molecular weight is 421 g/mol. The van der Waals surface area contributed by atoms with Crippen LogP contribution < -0.4 is 0 Å². The van der Waals surface area contributed by atoms with E-state index in [1.807, 2.05) is 0 Å². The van der Waals surface area contributed by atoms with Crippen molar-refractivity contribution in [1.29, 1.82) is 0 Å². The van der Waals surface area contributed by atoms with E-state index in [1.54, 1.807) is 6.08 Å². The highest BCUT2D eigenvalue weighted by molar-refractivity contribution is 5.85. The predicted molar refractivity (Wildman–Crippen MR) is 105 cm³/mol. The second-order valence-corrected chi connectivity index (χ2v) is 10.8. The molecule has 1 aliphatic heterocycles. The van der Waals surface area contributed by atoms with Gasteiger partial charge in [-0.15, -0.1) is 0 Å². The van der Waals surface area contributed by atoms with Crippen molar-refractivity contribution >= 4 is 11.9 Å². The predicted octanol–water partition coefficient (Wildman–Crippen LogP) is 1.78. The lowest BCUT2D eigenvalue weighted by molar-refractivity contribution is -0.260. The molecule has 0 aromatic rings. The number of aliphatic hydroxyl groups excluding tert-OH is 1. The molecular formula is C23H32O7. The van der Waals surface area contributed by atoms with Gasteiger partial charge < -0.3 is 25.2 Å². The summed E-state index contributed by atoms with van der Waals surface area (Å²) in [4.78, 5) is 24.3. The molecule has 0 bridgehead atoms. The standard InChI is InChI=1S/C23H32O7/c1-20-6-3-16-17(23(20,29)9-5-15(20)13-10-18(25)30-12-13)4-7-21(28)11-14(24)2-8-22(16,21)19(26)27/h10,14-17,24,28-29H,2-9,11-12H2,1H3,(H,26,27)/t14-,15-,16-,17-,20+,21-,22+,23-/m0/s1. The van der Waals surface area contributed by atoms with Gasteiger partial charge in [0.15, 0.2) is 0 Å². The Morgan fingerprint density at radius 3 is 2.47 bits per heavy atom. The van der Waals surface area contributed by atoms with Gasteiger partial charge in [0.1, 0.15) is 6.61 Å². The first-order chi connectivity index (χ1) is 14.1. The van der Waals surface area contributed by atoms with Gasteiger partial charge in [-0.1, -0.05) is 6.92 Å². The van der Waals surface area contributed by atoms with Crippen molar-refractivity contribution in [2.45, 2.75) is 82.0 Å². The van der Waals surface area contributed by atoms with E-state index in [0.29, 0.717) is 32.1 Å². The zero-order valence-electron chi connectivity index (χ0n) is 17.5. The van der Waals surface area contributed by atoms with Crippen LogP contribution in [0.5, 0.6) is 0 Å². The third-order valence-corrected chi connectivity index (χ3v) is 9.94. The van der Waals surface area contributed by atoms with Crippen molar-refractivity contribution in [2.75, 3.05) is 6.61 Å². The van der Waals surface area contributed by atoms with E-state index in [2.05, 4.69) is 6.92 Å². The number of carboxylic acid groups (broad SMARTS) is 1. The number of carboxylic acids is 1. The van der Waals surface area contributed by atoms with Crippen molar-refractivity contribution in [2.24, 2.45) is 28.6 Å². The van der Waals surface area contributed by atoms with Crippen LogP contribution in [-0.2, 0) is 14.3 Å². The third kappa shape index (κ3) is 2.32. The maximum atomic E-state index is 12.7. The normalized spacial score (nSPS) is 52.7. The van der Waals surface area contributed by atoms with Gasteiger partial charge in [-0.05, 0) is 74.7 Å². The lowest BCUT2D eigenvalue weighted by Gasteiger charge is -2.65. The molecule has 0 saturated heterocycles. The zero-order chi connectivity index (χ0) is 21.5. The van der Waals surface area contributed by atoms with E-state index in [1.165, 1.54) is 0 Å². The van der Waals surface area contributed by atoms with Crippen LogP contribution in [-0.4, -0.2) is 56.3 Å². The van der Waals surface area contributed by atoms with Crippen LogP contribution in [0.15, 0.2) is 11.6 Å². The summed E-state index contributed by atoms with van der Waals surface area (Å²) in [5, 5.41) is 44.1. The number of ether oxygens (including phenoxy) is 1. The van der Waals surface area contributed by atoms with Gasteiger partial charge in [-0.2, -0.15) is 0 Å². The summed E-state index contributed by atoms with van der Waals surface area (Å²) < 4.78 is 5.14. The van der Waals surface area contributed by atoms with Crippen LogP contribution >= 0.6 is 0 Å². The molecule has 4 saturated carbocycles. The minimum absolute atomic E-state index is 0.0460. The molecule has 0 spiro atoms. The maximum Gasteiger partial charge on any atom is 0.331 e. The van der Waals surface area contributed by atoms with E-state index in [4.69, 9.17) is 4.74 Å². The van der Waals surface area contributed by atoms with Crippen LogP contribution in [0.3, 0.4) is 0 Å². The molecule has 0 amide bonds. The van der Waals surface area contributed by atoms with Crippen LogP contribution in [0.1, 0.15) is 64.7 Å². The highest BCUT2D eigenvalue weighted by Gasteiger charge is 2.73. The molecule has 4 fully saturated rings. The van der Waals surface area contributed by atoms with Crippen molar-refractivity contribution in [3.63, 3.8) is 0 Å². The molecule has 4 N–H and O–H groups in total. The molecule has 0 aromatic heterocycles. The summed E-state index contributed by atoms with van der Waals surface area (Å²) in [6, 6.07) is 0. The number of esters is 1. The van der Waals surface area contributed by atoms with Crippen molar-refractivity contribution in [3.8, 4) is 0 Å². The second-order valence-electron chi connectivity index (χ2n) is 10.8. The van der Waals surface area contributed by atoms with E-state index >= 15 is 0 Å². The van der Waals surface area contributed by atoms with Gasteiger partial charge in [0.2, 0.25) is 0 Å². The fourth-order valence-electron chi connectivity index (χ4n) is 8.49. The smallest absolute Gasteiger partial charge is 0.331 e. The Labute approximate surface area is 176 Å². The summed E-state index contributed by atoms with van der Waals surface area (Å²) >= 11 is 0. The van der Waals surface area contributed by atoms with Crippen LogP contribution in [0, 0.1) is 28.6 Å². The third-order valence-electron chi connectivity index (χ3n) is 9.94. The minimum Gasteiger partial charge on any atom is -0.481 e. The topological polar surface area (TPSA) is 124 Å². The van der Waals surface area contributed by atoms with Crippen LogP contribution in [0.2, 0.25) is 0 Å². The Kier molecular flexibility index (Phi) is 4.30. The molecule has 8 atom stereocenters. The van der Waals surface area contributed by atoms with Gasteiger partial charge in [0, 0.05) is 17.9 Å². The number of aliphatic hydroxyl groups is 3. The number of hydrogen-bond acceptors (Lipinski definition) is 6. The first kappa shape index (κ1) is 20.5. The fraction of sp³-hybridized carbons (Fsp3) is 0.826. The van der Waals surface area contributed by atoms with Gasteiger partial charge in [0.05, 0.1) is 22.7 Å². The summed E-state index contributed by atoms with van der Waals surface area (Å²) in [7, 11) is 0. The van der Waals surface area contributed by atoms with Gasteiger partial charge in [0.25, 0.3) is 0 Å². The van der Waals surface area contributed by atoms with Crippen LogP contribution in [0.25, 0.3) is 0 Å². The molecule has 0 aromatic carbocycles. The lowest BCUT2D eigenvalue weighted by Crippen LogP contribution is -2.70. The maximum absolute atomic E-state index is 12.7. The van der Waals surface area contributed by atoms with E-state index in [-0.39, 0.29) is 49.6 Å². The largest absolute Gasteiger partial charge is 0.481 e. The van der Waals surface area contributed by atoms with Crippen molar-refractivity contribution < 1.29 is 34.8 Å². The Morgan fingerprint density at radius 1 is 1.07 bits per heavy atom. The SMILES string of the molecule is C[C@]12CC[C@H]3[C@H](CC[C@]4(O)C[C@@H](O)CC[C@]34C(=O)O)[C@@]1(O)CC[C@H]2C1=CC(=O)OC1. The van der Waals surface area contributed by atoms with Gasteiger partial charge in [-0.3, -0.25) is 4.79 Å². The first-order valence-electron chi connectivity index (χ1n) is 11.3. The summed E-state index contributed by atoms with van der Waals surface area (Å²) in [6.45, 7) is 2.36. The summed E-state index contributed by atoms with van der Waals surface area (Å²) in [5.41, 5.74) is -3.30. The number of hydrogen-bond donors (Lipinski definition) is 4. The van der Waals surface area contributed by atoms with Crippen LogP contribution in [0.4, 0.5) is 0 Å². The second kappa shape index (κ2) is 6.30. The molecule has 30 heavy (non-hydrogen) atoms. The highest BCUT2D eigenvalue weighted by atomic mass is 16.5. The van der Waals surface area contributed by atoms with E-state index in [0.717, 1.165) is 12.0 Å². The number of cyclic esters (lactones) is 1. The van der Waals surface area contributed by atoms with Crippen molar-refractivity contribution in [1.82, 2.24) is 0 Å². The number of carbonyl (C=O) groups is 2. The van der Waals surface area contributed by atoms with E-state index < -0.39 is 34.1 Å². The zero-order valence-corrected chi connectivity index (χ0v) is 17.5. The molecule has 0 radical (unpaired) electrons. The molecule has 5 aliphatic rings. The Bertz CT molecular complexity index is 822. The summed E-state index contributed by atoms with van der Waals surface area (Å²) in [5.74, 6) is -1.82. The van der Waals surface area contributed by atoms with E-state index in [9.17, 15) is 30.0 Å². The van der Waals surface area contributed by atoms with Crippen molar-refractivity contribution in [3.05, 3.63) is 11.6 Å². The molecule has 7 nitrogen and oxygen atoms in total. The van der Waals surface area contributed by atoms with Gasteiger partial charge >= 0.3 is 11.9 Å². The summed E-state index contributed by atoms with van der Waals surface area (Å²) in [6.07, 6.45) is 5.00. The molecule has 4 aliphatic carbocycles. The molecular weight excluding hydrogens is 388 g/mol. The Morgan fingerprint density at radius 2 is 1.80 bits per heavy atom. The Balaban J connectivity index is 1.54. The highest BCUT2D eigenvalue weighted by Crippen LogP contribution is 2.70. The fourth-order valence-corrected chi connectivity index (χ4v) is 8.49. The average Bonchev–Trinajstić information content (AvgIpc) is 3.21. The molecule has 1 heterocycles. The number of carbonyl (C=O) groups excluding carboxylic acids is 1. The molecule has 5 rings (SSSR count). The number of fused-ring (bicyclic) bond motifs is 5.